The number of thiophene rings is 1. The standard InChI is InChI=1S/C24H31N5OS/c1-2-20(18-6-4-3-5-7-18)27-23-22-19-8-9-29(11-10-28-12-14-30-15-13-28)16-21(19)31-24(22)26-17-25-23/h3-7,17,20H,2,8-16H2,1H3,(H,25,26,27)/t20-/m1/s1. The normalized spacial score (nSPS) is 18.7. The molecular formula is C24H31N5OS. The van der Waals surface area contributed by atoms with E-state index in [1.54, 1.807) is 6.33 Å². The number of hydrogen-bond acceptors (Lipinski definition) is 7. The number of fused-ring (bicyclic) bond motifs is 3. The van der Waals surface area contributed by atoms with Crippen LogP contribution in [0.1, 0.15) is 35.4 Å². The number of morpholine rings is 1. The molecule has 0 aliphatic carbocycles. The minimum absolute atomic E-state index is 0.253. The molecule has 7 heteroatoms. The average molecular weight is 438 g/mol. The summed E-state index contributed by atoms with van der Waals surface area (Å²) in [6.07, 6.45) is 3.79. The lowest BCUT2D eigenvalue weighted by atomic mass is 10.0. The van der Waals surface area contributed by atoms with E-state index in [1.165, 1.54) is 21.4 Å². The number of benzene rings is 1. The van der Waals surface area contributed by atoms with Crippen LogP contribution in [-0.4, -0.2) is 65.7 Å². The molecule has 3 aromatic rings. The Morgan fingerprint density at radius 1 is 1.06 bits per heavy atom. The van der Waals surface area contributed by atoms with Crippen molar-refractivity contribution in [2.45, 2.75) is 32.4 Å². The number of hydrogen-bond donors (Lipinski definition) is 1. The van der Waals surface area contributed by atoms with Crippen LogP contribution in [0.15, 0.2) is 36.7 Å². The average Bonchev–Trinajstić information content (AvgIpc) is 3.21. The van der Waals surface area contributed by atoms with E-state index < -0.39 is 0 Å². The lowest BCUT2D eigenvalue weighted by Gasteiger charge is -2.31. The van der Waals surface area contributed by atoms with E-state index in [-0.39, 0.29) is 6.04 Å². The third kappa shape index (κ3) is 4.60. The lowest BCUT2D eigenvalue weighted by molar-refractivity contribution is 0.0327. The van der Waals surface area contributed by atoms with Gasteiger partial charge in [0.25, 0.3) is 0 Å². The van der Waals surface area contributed by atoms with Crippen molar-refractivity contribution in [1.82, 2.24) is 19.8 Å². The second-order valence-electron chi connectivity index (χ2n) is 8.40. The summed E-state index contributed by atoms with van der Waals surface area (Å²) in [5.74, 6) is 0.986. The van der Waals surface area contributed by atoms with Gasteiger partial charge in [0.15, 0.2) is 0 Å². The summed E-state index contributed by atoms with van der Waals surface area (Å²) in [4.78, 5) is 17.0. The Hall–Kier alpha value is -2.06. The Morgan fingerprint density at radius 2 is 1.87 bits per heavy atom. The predicted molar refractivity (Wildman–Crippen MR) is 127 cm³/mol. The van der Waals surface area contributed by atoms with Crippen LogP contribution in [0.25, 0.3) is 10.2 Å². The Bertz CT molecular complexity index is 1000. The van der Waals surface area contributed by atoms with Crippen LogP contribution in [0.2, 0.25) is 0 Å². The second-order valence-corrected chi connectivity index (χ2v) is 9.49. The maximum atomic E-state index is 5.47. The minimum atomic E-state index is 0.253. The van der Waals surface area contributed by atoms with Crippen LogP contribution in [0, 0.1) is 0 Å². The molecular weight excluding hydrogens is 406 g/mol. The summed E-state index contributed by atoms with van der Waals surface area (Å²) in [6, 6.07) is 10.9. The number of aromatic nitrogens is 2. The highest BCUT2D eigenvalue weighted by molar-refractivity contribution is 7.19. The van der Waals surface area contributed by atoms with Crippen molar-refractivity contribution >= 4 is 27.4 Å². The molecule has 2 aliphatic rings. The highest BCUT2D eigenvalue weighted by atomic mass is 32.1. The first kappa shape index (κ1) is 20.8. The van der Waals surface area contributed by atoms with Gasteiger partial charge in [-0.15, -0.1) is 11.3 Å². The van der Waals surface area contributed by atoms with Gasteiger partial charge in [0.05, 0.1) is 24.6 Å². The number of nitrogens with one attached hydrogen (secondary N) is 1. The first-order valence-electron chi connectivity index (χ1n) is 11.4. The Kier molecular flexibility index (Phi) is 6.45. The zero-order valence-corrected chi connectivity index (χ0v) is 19.0. The smallest absolute Gasteiger partial charge is 0.138 e. The molecule has 0 amide bonds. The summed E-state index contributed by atoms with van der Waals surface area (Å²) in [5, 5.41) is 4.97. The fourth-order valence-corrected chi connectivity index (χ4v) is 5.89. The number of anilines is 1. The van der Waals surface area contributed by atoms with Gasteiger partial charge in [-0.2, -0.15) is 0 Å². The summed E-state index contributed by atoms with van der Waals surface area (Å²) >= 11 is 1.84. The zero-order chi connectivity index (χ0) is 21.0. The van der Waals surface area contributed by atoms with Gasteiger partial charge in [-0.25, -0.2) is 9.97 Å². The van der Waals surface area contributed by atoms with Crippen LogP contribution in [0.3, 0.4) is 0 Å². The molecule has 1 saturated heterocycles. The number of rotatable bonds is 7. The Labute approximate surface area is 188 Å². The molecule has 1 N–H and O–H groups in total. The van der Waals surface area contributed by atoms with Crippen LogP contribution >= 0.6 is 11.3 Å². The van der Waals surface area contributed by atoms with E-state index in [2.05, 4.69) is 62.3 Å². The lowest BCUT2D eigenvalue weighted by Crippen LogP contribution is -2.42. The van der Waals surface area contributed by atoms with Crippen molar-refractivity contribution in [2.24, 2.45) is 0 Å². The highest BCUT2D eigenvalue weighted by Crippen LogP contribution is 2.38. The molecule has 164 valence electrons. The van der Waals surface area contributed by atoms with Crippen molar-refractivity contribution in [3.63, 3.8) is 0 Å². The molecule has 2 aliphatic heterocycles. The number of ether oxygens (including phenoxy) is 1. The largest absolute Gasteiger partial charge is 0.379 e. The summed E-state index contributed by atoms with van der Waals surface area (Å²) in [7, 11) is 0. The number of nitrogens with zero attached hydrogens (tertiary/aromatic N) is 4. The van der Waals surface area contributed by atoms with Gasteiger partial charge in [-0.05, 0) is 24.0 Å². The van der Waals surface area contributed by atoms with Gasteiger partial charge in [0.2, 0.25) is 0 Å². The van der Waals surface area contributed by atoms with Crippen molar-refractivity contribution in [1.29, 1.82) is 0 Å². The SMILES string of the molecule is CC[C@@H](Nc1ncnc2sc3c(c12)CCN(CCN1CCOCC1)C3)c1ccccc1. The quantitative estimate of drug-likeness (QED) is 0.604. The summed E-state index contributed by atoms with van der Waals surface area (Å²) < 4.78 is 5.47. The van der Waals surface area contributed by atoms with Crippen molar-refractivity contribution < 1.29 is 4.74 Å². The molecule has 0 unspecified atom stereocenters. The molecule has 0 radical (unpaired) electrons. The second kappa shape index (κ2) is 9.61. The van der Waals surface area contributed by atoms with Gasteiger partial charge >= 0.3 is 0 Å². The van der Waals surface area contributed by atoms with Crippen molar-refractivity contribution in [3.8, 4) is 0 Å². The third-order valence-corrected chi connectivity index (χ3v) is 7.60. The minimum Gasteiger partial charge on any atom is -0.379 e. The molecule has 6 nitrogen and oxygen atoms in total. The van der Waals surface area contributed by atoms with Crippen LogP contribution < -0.4 is 5.32 Å². The first-order chi connectivity index (χ1) is 15.3. The van der Waals surface area contributed by atoms with Gasteiger partial charge in [-0.1, -0.05) is 37.3 Å². The van der Waals surface area contributed by atoms with Gasteiger partial charge < -0.3 is 10.1 Å². The van der Waals surface area contributed by atoms with Crippen molar-refractivity contribution in [2.75, 3.05) is 51.3 Å². The topological polar surface area (TPSA) is 53.5 Å². The third-order valence-electron chi connectivity index (χ3n) is 6.47. The van der Waals surface area contributed by atoms with Crippen LogP contribution in [0.5, 0.6) is 0 Å². The molecule has 2 aromatic heterocycles. The van der Waals surface area contributed by atoms with E-state index in [0.29, 0.717) is 0 Å². The van der Waals surface area contributed by atoms with E-state index in [9.17, 15) is 0 Å². The van der Waals surface area contributed by atoms with E-state index in [4.69, 9.17) is 4.74 Å². The molecule has 1 atom stereocenters. The first-order valence-corrected chi connectivity index (χ1v) is 12.2. The molecule has 1 fully saturated rings. The Balaban J connectivity index is 1.33. The molecule has 0 saturated carbocycles. The van der Waals surface area contributed by atoms with E-state index in [1.807, 2.05) is 11.3 Å². The molecule has 4 heterocycles. The molecule has 0 spiro atoms. The zero-order valence-electron chi connectivity index (χ0n) is 18.2. The molecule has 0 bridgehead atoms. The maximum Gasteiger partial charge on any atom is 0.138 e. The molecule has 1 aromatic carbocycles. The monoisotopic (exact) mass is 437 g/mol. The highest BCUT2D eigenvalue weighted by Gasteiger charge is 2.25. The predicted octanol–water partition coefficient (Wildman–Crippen LogP) is 3.94. The van der Waals surface area contributed by atoms with E-state index in [0.717, 1.165) is 76.0 Å². The summed E-state index contributed by atoms with van der Waals surface area (Å²) in [5.41, 5.74) is 2.75. The van der Waals surface area contributed by atoms with E-state index >= 15 is 0 Å². The van der Waals surface area contributed by atoms with Gasteiger partial charge in [-0.3, -0.25) is 9.80 Å². The van der Waals surface area contributed by atoms with Crippen LogP contribution in [0.4, 0.5) is 5.82 Å². The van der Waals surface area contributed by atoms with Crippen molar-refractivity contribution in [3.05, 3.63) is 52.7 Å². The molecule has 5 rings (SSSR count). The maximum absolute atomic E-state index is 5.47. The fraction of sp³-hybridized carbons (Fsp3) is 0.500. The van der Waals surface area contributed by atoms with Gasteiger partial charge in [0, 0.05) is 44.1 Å². The molecule has 31 heavy (non-hydrogen) atoms. The van der Waals surface area contributed by atoms with Gasteiger partial charge in [0.1, 0.15) is 17.0 Å². The Morgan fingerprint density at radius 3 is 2.68 bits per heavy atom. The van der Waals surface area contributed by atoms with Crippen LogP contribution in [-0.2, 0) is 17.7 Å². The fourth-order valence-electron chi connectivity index (χ4n) is 4.66. The summed E-state index contributed by atoms with van der Waals surface area (Å²) in [6.45, 7) is 10.5.